The Morgan fingerprint density at radius 2 is 2.40 bits per heavy atom. The minimum absolute atomic E-state index is 0.504. The van der Waals surface area contributed by atoms with Gasteiger partial charge in [0.05, 0.1) is 0 Å². The molecule has 0 aliphatic heterocycles. The average Bonchev–Trinajstić information content (AvgIpc) is 1.88. The van der Waals surface area contributed by atoms with Crippen LogP contribution in [-0.2, 0) is 9.53 Å². The first-order valence-corrected chi connectivity index (χ1v) is 3.42. The third-order valence-electron chi connectivity index (χ3n) is 1.13. The van der Waals surface area contributed by atoms with Crippen LogP contribution in [0.5, 0.6) is 0 Å². The summed E-state index contributed by atoms with van der Waals surface area (Å²) in [6.07, 6.45) is 1.30. The van der Waals surface area contributed by atoms with Gasteiger partial charge >= 0.3 is 0 Å². The molecule has 0 aromatic carbocycles. The SMILES string of the molecule is [CH2]C(OCCCC)C(N)=O. The maximum absolute atomic E-state index is 10.3. The van der Waals surface area contributed by atoms with Crippen LogP contribution >= 0.6 is 0 Å². The van der Waals surface area contributed by atoms with Gasteiger partial charge in [0.25, 0.3) is 0 Å². The number of nitrogens with two attached hydrogens (primary N) is 1. The Bertz CT molecular complexity index is 104. The summed E-state index contributed by atoms with van der Waals surface area (Å²) in [4.78, 5) is 10.3. The molecule has 0 saturated carbocycles. The number of amides is 1. The van der Waals surface area contributed by atoms with E-state index in [-0.39, 0.29) is 0 Å². The fraction of sp³-hybridized carbons (Fsp3) is 0.714. The Labute approximate surface area is 61.5 Å². The van der Waals surface area contributed by atoms with Crippen LogP contribution < -0.4 is 5.73 Å². The zero-order chi connectivity index (χ0) is 7.98. The monoisotopic (exact) mass is 144 g/mol. The van der Waals surface area contributed by atoms with Gasteiger partial charge in [-0.2, -0.15) is 0 Å². The summed E-state index contributed by atoms with van der Waals surface area (Å²) in [7, 11) is 0. The van der Waals surface area contributed by atoms with Crippen molar-refractivity contribution in [2.24, 2.45) is 5.73 Å². The van der Waals surface area contributed by atoms with Gasteiger partial charge in [-0.1, -0.05) is 13.3 Å². The maximum atomic E-state index is 10.3. The molecule has 0 rings (SSSR count). The first kappa shape index (κ1) is 9.43. The van der Waals surface area contributed by atoms with Gasteiger partial charge < -0.3 is 10.5 Å². The highest BCUT2D eigenvalue weighted by molar-refractivity contribution is 5.79. The van der Waals surface area contributed by atoms with Crippen molar-refractivity contribution in [2.75, 3.05) is 6.61 Å². The van der Waals surface area contributed by atoms with Crippen molar-refractivity contribution in [2.45, 2.75) is 25.9 Å². The van der Waals surface area contributed by atoms with E-state index in [1.165, 1.54) is 0 Å². The van der Waals surface area contributed by atoms with E-state index in [0.29, 0.717) is 6.61 Å². The van der Waals surface area contributed by atoms with Crippen LogP contribution in [0.4, 0.5) is 0 Å². The molecule has 0 fully saturated rings. The van der Waals surface area contributed by atoms with Crippen molar-refractivity contribution in [1.29, 1.82) is 0 Å². The fourth-order valence-electron chi connectivity index (χ4n) is 0.452. The quantitative estimate of drug-likeness (QED) is 0.571. The third-order valence-corrected chi connectivity index (χ3v) is 1.13. The van der Waals surface area contributed by atoms with E-state index in [9.17, 15) is 4.79 Å². The lowest BCUT2D eigenvalue weighted by Crippen LogP contribution is -2.28. The van der Waals surface area contributed by atoms with Crippen LogP contribution in [0.25, 0.3) is 0 Å². The molecule has 0 spiro atoms. The number of hydrogen-bond acceptors (Lipinski definition) is 2. The summed E-state index contributed by atoms with van der Waals surface area (Å²) in [5, 5.41) is 0. The highest BCUT2D eigenvalue weighted by Gasteiger charge is 2.06. The molecule has 1 radical (unpaired) electrons. The number of hydrogen-bond donors (Lipinski definition) is 1. The molecule has 1 amide bonds. The van der Waals surface area contributed by atoms with Gasteiger partial charge in [-0.3, -0.25) is 4.79 Å². The Morgan fingerprint density at radius 3 is 2.80 bits per heavy atom. The molecule has 0 aliphatic carbocycles. The van der Waals surface area contributed by atoms with Crippen LogP contribution in [0.2, 0.25) is 0 Å². The summed E-state index contributed by atoms with van der Waals surface area (Å²) < 4.78 is 4.96. The highest BCUT2D eigenvalue weighted by atomic mass is 16.5. The van der Waals surface area contributed by atoms with Gasteiger partial charge in [-0.05, 0) is 13.3 Å². The number of ether oxygens (including phenoxy) is 1. The number of unbranched alkanes of at least 4 members (excludes halogenated alkanes) is 1. The number of rotatable bonds is 5. The maximum Gasteiger partial charge on any atom is 0.246 e. The van der Waals surface area contributed by atoms with Crippen molar-refractivity contribution in [1.82, 2.24) is 0 Å². The average molecular weight is 144 g/mol. The lowest BCUT2D eigenvalue weighted by Gasteiger charge is -2.07. The molecule has 3 nitrogen and oxygen atoms in total. The van der Waals surface area contributed by atoms with E-state index in [2.05, 4.69) is 6.92 Å². The Hall–Kier alpha value is -0.570. The summed E-state index contributed by atoms with van der Waals surface area (Å²) in [6.45, 7) is 6.02. The largest absolute Gasteiger partial charge is 0.368 e. The van der Waals surface area contributed by atoms with E-state index in [0.717, 1.165) is 12.8 Å². The third kappa shape index (κ3) is 4.32. The minimum Gasteiger partial charge on any atom is -0.368 e. The molecular weight excluding hydrogens is 130 g/mol. The normalized spacial score (nSPS) is 13.0. The lowest BCUT2D eigenvalue weighted by molar-refractivity contribution is -0.126. The summed E-state index contributed by atoms with van der Waals surface area (Å²) in [5.41, 5.74) is 4.89. The fourth-order valence-corrected chi connectivity index (χ4v) is 0.452. The predicted octanol–water partition coefficient (Wildman–Crippen LogP) is 0.491. The number of primary amides is 1. The Kier molecular flexibility index (Phi) is 4.94. The lowest BCUT2D eigenvalue weighted by atomic mass is 10.3. The van der Waals surface area contributed by atoms with Crippen molar-refractivity contribution in [3.05, 3.63) is 6.92 Å². The van der Waals surface area contributed by atoms with E-state index >= 15 is 0 Å². The molecule has 0 aromatic rings. The molecule has 2 N–H and O–H groups in total. The molecular formula is C7H14NO2. The molecule has 0 aliphatic rings. The van der Waals surface area contributed by atoms with Crippen molar-refractivity contribution in [3.8, 4) is 0 Å². The van der Waals surface area contributed by atoms with Gasteiger partial charge in [-0.15, -0.1) is 0 Å². The smallest absolute Gasteiger partial charge is 0.246 e. The molecule has 3 heteroatoms. The van der Waals surface area contributed by atoms with Gasteiger partial charge in [0.1, 0.15) is 6.10 Å². The number of carbonyl (C=O) groups excluding carboxylic acids is 1. The molecule has 1 unspecified atom stereocenters. The van der Waals surface area contributed by atoms with Crippen LogP contribution in [-0.4, -0.2) is 18.6 Å². The molecule has 59 valence electrons. The van der Waals surface area contributed by atoms with E-state index in [1.807, 2.05) is 6.92 Å². The molecule has 0 saturated heterocycles. The second-order valence-electron chi connectivity index (χ2n) is 2.12. The highest BCUT2D eigenvalue weighted by Crippen LogP contribution is 1.92. The summed E-state index contributed by atoms with van der Waals surface area (Å²) >= 11 is 0. The molecule has 1 atom stereocenters. The first-order valence-electron chi connectivity index (χ1n) is 3.42. The van der Waals surface area contributed by atoms with Gasteiger partial charge in [0.2, 0.25) is 5.91 Å². The molecule has 0 bridgehead atoms. The van der Waals surface area contributed by atoms with E-state index < -0.39 is 12.0 Å². The van der Waals surface area contributed by atoms with Crippen LogP contribution in [0.3, 0.4) is 0 Å². The van der Waals surface area contributed by atoms with E-state index in [4.69, 9.17) is 10.5 Å². The minimum atomic E-state index is -0.688. The van der Waals surface area contributed by atoms with Crippen molar-refractivity contribution in [3.63, 3.8) is 0 Å². The van der Waals surface area contributed by atoms with Crippen LogP contribution in [0.15, 0.2) is 0 Å². The van der Waals surface area contributed by atoms with Crippen LogP contribution in [0, 0.1) is 6.92 Å². The van der Waals surface area contributed by atoms with Crippen LogP contribution in [0.1, 0.15) is 19.8 Å². The van der Waals surface area contributed by atoms with Gasteiger partial charge in [0, 0.05) is 6.61 Å². The van der Waals surface area contributed by atoms with Crippen molar-refractivity contribution < 1.29 is 9.53 Å². The topological polar surface area (TPSA) is 52.3 Å². The zero-order valence-electron chi connectivity index (χ0n) is 6.30. The van der Waals surface area contributed by atoms with Gasteiger partial charge in [0.15, 0.2) is 0 Å². The summed E-state index contributed by atoms with van der Waals surface area (Å²) in [5.74, 6) is -0.504. The second-order valence-corrected chi connectivity index (χ2v) is 2.12. The summed E-state index contributed by atoms with van der Waals surface area (Å²) in [6, 6.07) is 0. The standard InChI is InChI=1S/C7H14NO2/c1-3-4-5-10-6(2)7(8)9/h6H,2-5H2,1H3,(H2,8,9). The second kappa shape index (κ2) is 5.23. The Balaban J connectivity index is 3.21. The molecule has 0 heterocycles. The predicted molar refractivity (Wildman–Crippen MR) is 39.2 cm³/mol. The van der Waals surface area contributed by atoms with E-state index in [1.54, 1.807) is 0 Å². The molecule has 10 heavy (non-hydrogen) atoms. The number of carbonyl (C=O) groups is 1. The molecule has 0 aromatic heterocycles. The Morgan fingerprint density at radius 1 is 1.80 bits per heavy atom. The van der Waals surface area contributed by atoms with Gasteiger partial charge in [-0.25, -0.2) is 0 Å². The first-order chi connectivity index (χ1) is 4.68. The van der Waals surface area contributed by atoms with Crippen molar-refractivity contribution >= 4 is 5.91 Å². The zero-order valence-corrected chi connectivity index (χ0v) is 6.30.